The van der Waals surface area contributed by atoms with Gasteiger partial charge >= 0.3 is 0 Å². The Balaban J connectivity index is 2.44. The molecule has 0 atom stereocenters. The van der Waals surface area contributed by atoms with E-state index in [1.807, 2.05) is 25.2 Å². The van der Waals surface area contributed by atoms with E-state index in [0.29, 0.717) is 0 Å². The second-order valence-electron chi connectivity index (χ2n) is 3.62. The first-order chi connectivity index (χ1) is 7.22. The number of anilines is 1. The second kappa shape index (κ2) is 3.90. The predicted octanol–water partition coefficient (Wildman–Crippen LogP) is 1.27. The Labute approximate surface area is 89.1 Å². The number of nitrogens with one attached hydrogen (secondary N) is 1. The summed E-state index contributed by atoms with van der Waals surface area (Å²) in [4.78, 5) is 4.53. The monoisotopic (exact) mass is 204 g/mol. The molecule has 1 aromatic heterocycles. The Kier molecular flexibility index (Phi) is 2.60. The molecule has 1 heterocycles. The van der Waals surface area contributed by atoms with Crippen LogP contribution in [0.3, 0.4) is 0 Å². The van der Waals surface area contributed by atoms with Crippen molar-refractivity contribution in [2.24, 2.45) is 7.05 Å². The van der Waals surface area contributed by atoms with Gasteiger partial charge in [-0.05, 0) is 24.7 Å². The second-order valence-corrected chi connectivity index (χ2v) is 3.62. The summed E-state index contributed by atoms with van der Waals surface area (Å²) in [5.74, 6) is 1.04. The molecule has 0 spiro atoms. The highest BCUT2D eigenvalue weighted by atomic mass is 15.1. The first-order valence-electron chi connectivity index (χ1n) is 5.14. The SMILES string of the molecule is CCNCc1nc2cc(N)ccc2n1C. The summed E-state index contributed by atoms with van der Waals surface area (Å²) in [6.45, 7) is 3.83. The van der Waals surface area contributed by atoms with E-state index in [4.69, 9.17) is 5.73 Å². The Morgan fingerprint density at radius 3 is 3.00 bits per heavy atom. The Bertz CT molecular complexity index is 473. The van der Waals surface area contributed by atoms with E-state index in [1.54, 1.807) is 0 Å². The molecule has 0 saturated carbocycles. The third kappa shape index (κ3) is 1.80. The lowest BCUT2D eigenvalue weighted by molar-refractivity contribution is 0.667. The highest BCUT2D eigenvalue weighted by Crippen LogP contribution is 2.17. The third-order valence-electron chi connectivity index (χ3n) is 2.53. The molecule has 0 unspecified atom stereocenters. The fourth-order valence-corrected chi connectivity index (χ4v) is 1.66. The predicted molar refractivity (Wildman–Crippen MR) is 62.5 cm³/mol. The molecular weight excluding hydrogens is 188 g/mol. The maximum Gasteiger partial charge on any atom is 0.123 e. The lowest BCUT2D eigenvalue weighted by Crippen LogP contribution is -2.15. The van der Waals surface area contributed by atoms with Crippen LogP contribution in [0.1, 0.15) is 12.7 Å². The molecule has 15 heavy (non-hydrogen) atoms. The first-order valence-corrected chi connectivity index (χ1v) is 5.14. The summed E-state index contributed by atoms with van der Waals surface area (Å²) >= 11 is 0. The van der Waals surface area contributed by atoms with E-state index >= 15 is 0 Å². The van der Waals surface area contributed by atoms with E-state index in [-0.39, 0.29) is 0 Å². The first kappa shape index (κ1) is 9.98. The molecule has 0 amide bonds. The quantitative estimate of drug-likeness (QED) is 0.740. The van der Waals surface area contributed by atoms with Crippen molar-refractivity contribution >= 4 is 16.7 Å². The van der Waals surface area contributed by atoms with Crippen LogP contribution in [0.5, 0.6) is 0 Å². The largest absolute Gasteiger partial charge is 0.399 e. The molecule has 1 aromatic carbocycles. The minimum atomic E-state index is 0.760. The van der Waals surface area contributed by atoms with Crippen LogP contribution in [0.2, 0.25) is 0 Å². The molecule has 2 rings (SSSR count). The Hall–Kier alpha value is -1.55. The highest BCUT2D eigenvalue weighted by molar-refractivity contribution is 5.79. The van der Waals surface area contributed by atoms with E-state index in [1.165, 1.54) is 0 Å². The number of nitrogens with zero attached hydrogens (tertiary/aromatic N) is 2. The summed E-state index contributed by atoms with van der Waals surface area (Å²) in [6.07, 6.45) is 0. The van der Waals surface area contributed by atoms with Crippen molar-refractivity contribution in [1.82, 2.24) is 14.9 Å². The number of aryl methyl sites for hydroxylation is 1. The fraction of sp³-hybridized carbons (Fsp3) is 0.364. The number of nitrogen functional groups attached to an aromatic ring is 1. The zero-order valence-corrected chi connectivity index (χ0v) is 9.12. The summed E-state index contributed by atoms with van der Waals surface area (Å²) < 4.78 is 2.09. The topological polar surface area (TPSA) is 55.9 Å². The van der Waals surface area contributed by atoms with E-state index in [9.17, 15) is 0 Å². The Morgan fingerprint density at radius 2 is 2.27 bits per heavy atom. The number of aromatic nitrogens is 2. The minimum absolute atomic E-state index is 0.760. The number of nitrogens with two attached hydrogens (primary N) is 1. The maximum atomic E-state index is 5.72. The minimum Gasteiger partial charge on any atom is -0.399 e. The van der Waals surface area contributed by atoms with Crippen molar-refractivity contribution < 1.29 is 0 Å². The number of imidazole rings is 1. The van der Waals surface area contributed by atoms with Gasteiger partial charge in [-0.1, -0.05) is 6.92 Å². The van der Waals surface area contributed by atoms with Crippen LogP contribution in [-0.2, 0) is 13.6 Å². The van der Waals surface area contributed by atoms with Crippen LogP contribution < -0.4 is 11.1 Å². The molecule has 0 bridgehead atoms. The molecule has 0 aliphatic carbocycles. The molecule has 80 valence electrons. The smallest absolute Gasteiger partial charge is 0.123 e. The van der Waals surface area contributed by atoms with Crippen molar-refractivity contribution in [2.45, 2.75) is 13.5 Å². The van der Waals surface area contributed by atoms with Gasteiger partial charge in [0, 0.05) is 12.7 Å². The Morgan fingerprint density at radius 1 is 1.47 bits per heavy atom. The zero-order chi connectivity index (χ0) is 10.8. The van der Waals surface area contributed by atoms with Gasteiger partial charge < -0.3 is 15.6 Å². The molecule has 0 radical (unpaired) electrons. The van der Waals surface area contributed by atoms with Gasteiger partial charge in [-0.15, -0.1) is 0 Å². The molecule has 0 aliphatic rings. The molecule has 0 saturated heterocycles. The third-order valence-corrected chi connectivity index (χ3v) is 2.53. The fourth-order valence-electron chi connectivity index (χ4n) is 1.66. The number of hydrogen-bond donors (Lipinski definition) is 2. The van der Waals surface area contributed by atoms with Crippen LogP contribution >= 0.6 is 0 Å². The molecular formula is C11H16N4. The van der Waals surface area contributed by atoms with Crippen molar-refractivity contribution in [2.75, 3.05) is 12.3 Å². The summed E-state index contributed by atoms with van der Waals surface area (Å²) in [7, 11) is 2.03. The molecule has 4 heteroatoms. The maximum absolute atomic E-state index is 5.72. The van der Waals surface area contributed by atoms with Crippen LogP contribution in [-0.4, -0.2) is 16.1 Å². The van der Waals surface area contributed by atoms with Gasteiger partial charge in [-0.25, -0.2) is 4.98 Å². The van der Waals surface area contributed by atoms with Crippen LogP contribution in [0.15, 0.2) is 18.2 Å². The van der Waals surface area contributed by atoms with E-state index < -0.39 is 0 Å². The number of hydrogen-bond acceptors (Lipinski definition) is 3. The van der Waals surface area contributed by atoms with Gasteiger partial charge in [-0.2, -0.15) is 0 Å². The lowest BCUT2D eigenvalue weighted by atomic mass is 10.3. The highest BCUT2D eigenvalue weighted by Gasteiger charge is 2.06. The van der Waals surface area contributed by atoms with Gasteiger partial charge in [0.25, 0.3) is 0 Å². The molecule has 0 aliphatic heterocycles. The van der Waals surface area contributed by atoms with Gasteiger partial charge in [0.15, 0.2) is 0 Å². The van der Waals surface area contributed by atoms with Gasteiger partial charge in [0.05, 0.1) is 17.6 Å². The van der Waals surface area contributed by atoms with Crippen molar-refractivity contribution in [3.05, 3.63) is 24.0 Å². The zero-order valence-electron chi connectivity index (χ0n) is 9.12. The molecule has 3 N–H and O–H groups in total. The number of fused-ring (bicyclic) bond motifs is 1. The van der Waals surface area contributed by atoms with Gasteiger partial charge in [-0.3, -0.25) is 0 Å². The normalized spacial score (nSPS) is 11.1. The number of rotatable bonds is 3. The van der Waals surface area contributed by atoms with Crippen LogP contribution in [0.25, 0.3) is 11.0 Å². The van der Waals surface area contributed by atoms with Gasteiger partial charge in [0.1, 0.15) is 5.82 Å². The van der Waals surface area contributed by atoms with Crippen molar-refractivity contribution in [1.29, 1.82) is 0 Å². The summed E-state index contributed by atoms with van der Waals surface area (Å²) in [5.41, 5.74) is 8.56. The van der Waals surface area contributed by atoms with Crippen molar-refractivity contribution in [3.8, 4) is 0 Å². The lowest BCUT2D eigenvalue weighted by Gasteiger charge is -2.02. The molecule has 2 aromatic rings. The van der Waals surface area contributed by atoms with E-state index in [0.717, 1.165) is 35.6 Å². The molecule has 4 nitrogen and oxygen atoms in total. The summed E-state index contributed by atoms with van der Waals surface area (Å²) in [5, 5.41) is 3.27. The standard InChI is InChI=1S/C11H16N4/c1-3-13-7-11-14-9-6-8(12)4-5-10(9)15(11)2/h4-6,13H,3,7,12H2,1-2H3. The number of benzene rings is 1. The van der Waals surface area contributed by atoms with E-state index in [2.05, 4.69) is 21.8 Å². The molecule has 0 fully saturated rings. The van der Waals surface area contributed by atoms with Gasteiger partial charge in [0.2, 0.25) is 0 Å². The van der Waals surface area contributed by atoms with Crippen molar-refractivity contribution in [3.63, 3.8) is 0 Å². The van der Waals surface area contributed by atoms with Crippen LogP contribution in [0, 0.1) is 0 Å². The van der Waals surface area contributed by atoms with Crippen LogP contribution in [0.4, 0.5) is 5.69 Å². The summed E-state index contributed by atoms with van der Waals surface area (Å²) in [6, 6.07) is 5.82. The average molecular weight is 204 g/mol. The average Bonchev–Trinajstić information content (AvgIpc) is 2.52.